The number of carbonyl (C=O) groups excluding carboxylic acids is 1. The number of nitrogens with zero attached hydrogens (tertiary/aromatic N) is 3. The van der Waals surface area contributed by atoms with Crippen molar-refractivity contribution in [2.75, 3.05) is 18.5 Å². The summed E-state index contributed by atoms with van der Waals surface area (Å²) < 4.78 is 6.54. The molecule has 0 atom stereocenters. The van der Waals surface area contributed by atoms with E-state index in [4.69, 9.17) is 21.9 Å². The molecule has 158 valence electrons. The summed E-state index contributed by atoms with van der Waals surface area (Å²) in [6, 6.07) is 16.5. The van der Waals surface area contributed by atoms with Gasteiger partial charge >= 0.3 is 0 Å². The maximum absolute atomic E-state index is 13.1. The van der Waals surface area contributed by atoms with E-state index in [9.17, 15) is 4.79 Å². The first-order chi connectivity index (χ1) is 14.9. The summed E-state index contributed by atoms with van der Waals surface area (Å²) in [7, 11) is 0. The average Bonchev–Trinajstić information content (AvgIpc) is 2.73. The Hall–Kier alpha value is -2.99. The summed E-state index contributed by atoms with van der Waals surface area (Å²) in [6.07, 6.45) is 0. The number of ketones is 1. The molecule has 0 aromatic heterocycles. The molecule has 6 nitrogen and oxygen atoms in total. The van der Waals surface area contributed by atoms with E-state index >= 15 is 0 Å². The van der Waals surface area contributed by atoms with Gasteiger partial charge in [-0.05, 0) is 85.1 Å². The third-order valence-electron chi connectivity index (χ3n) is 4.65. The van der Waals surface area contributed by atoms with Crippen molar-refractivity contribution in [1.29, 1.82) is 0 Å². The number of nitrogens with one attached hydrogen (secondary N) is 1. The third kappa shape index (κ3) is 5.79. The predicted molar refractivity (Wildman–Crippen MR) is 128 cm³/mol. The van der Waals surface area contributed by atoms with Crippen molar-refractivity contribution in [1.82, 2.24) is 0 Å². The second kappa shape index (κ2) is 10.4. The normalized spacial score (nSPS) is 10.3. The molecule has 0 aliphatic carbocycles. The molecule has 3 rings (SSSR count). The molecule has 0 fully saturated rings. The molecule has 0 saturated carbocycles. The molecule has 0 heterocycles. The van der Waals surface area contributed by atoms with E-state index in [2.05, 4.69) is 31.3 Å². The minimum Gasteiger partial charge on any atom is -0.493 e. The van der Waals surface area contributed by atoms with Gasteiger partial charge in [-0.2, -0.15) is 0 Å². The minimum absolute atomic E-state index is 0.158. The fourth-order valence-corrected chi connectivity index (χ4v) is 3.82. The monoisotopic (exact) mass is 498 g/mol. The molecule has 3 aromatic rings. The Balaban J connectivity index is 1.76. The van der Waals surface area contributed by atoms with Crippen LogP contribution >= 0.6 is 27.5 Å². The molecular weight excluding hydrogens is 480 g/mol. The van der Waals surface area contributed by atoms with Crippen LogP contribution in [0.25, 0.3) is 10.4 Å². The summed E-state index contributed by atoms with van der Waals surface area (Å²) in [4.78, 5) is 15.7. The van der Waals surface area contributed by atoms with Crippen LogP contribution in [0, 0.1) is 13.8 Å². The lowest BCUT2D eigenvalue weighted by atomic mass is 9.98. The van der Waals surface area contributed by atoms with E-state index in [1.165, 1.54) is 0 Å². The average molecular weight is 500 g/mol. The molecule has 0 aliphatic rings. The van der Waals surface area contributed by atoms with Gasteiger partial charge in [-0.3, -0.25) is 4.79 Å². The van der Waals surface area contributed by atoms with Crippen LogP contribution < -0.4 is 10.1 Å². The van der Waals surface area contributed by atoms with E-state index < -0.39 is 0 Å². The number of halogens is 2. The third-order valence-corrected chi connectivity index (χ3v) is 5.45. The van der Waals surface area contributed by atoms with Crippen molar-refractivity contribution >= 4 is 44.7 Å². The highest BCUT2D eigenvalue weighted by Crippen LogP contribution is 2.29. The number of ether oxygens (including phenoxy) is 1. The molecule has 3 aromatic carbocycles. The predicted octanol–water partition coefficient (Wildman–Crippen LogP) is 7.38. The topological polar surface area (TPSA) is 87.1 Å². The first kappa shape index (κ1) is 22.7. The van der Waals surface area contributed by atoms with Crippen molar-refractivity contribution in [3.8, 4) is 5.75 Å². The first-order valence-electron chi connectivity index (χ1n) is 9.51. The van der Waals surface area contributed by atoms with Gasteiger partial charge in [-0.1, -0.05) is 32.6 Å². The molecule has 0 bridgehead atoms. The number of hydrogen-bond donors (Lipinski definition) is 1. The molecule has 1 N–H and O–H groups in total. The van der Waals surface area contributed by atoms with Gasteiger partial charge in [0.1, 0.15) is 5.75 Å². The summed E-state index contributed by atoms with van der Waals surface area (Å²) in [5, 5.41) is 7.13. The smallest absolute Gasteiger partial charge is 0.194 e. The molecule has 8 heteroatoms. The SMILES string of the molecule is Cc1cc(Br)ccc1Nc1ccc(C(=O)c2ccc(OCCN=[N+]=[N-])cc2C)c(Cl)c1. The summed E-state index contributed by atoms with van der Waals surface area (Å²) in [5.41, 5.74) is 12.9. The number of carbonyl (C=O) groups is 1. The lowest BCUT2D eigenvalue weighted by Crippen LogP contribution is -2.06. The fourth-order valence-electron chi connectivity index (χ4n) is 3.07. The van der Waals surface area contributed by atoms with Crippen LogP contribution in [0.3, 0.4) is 0 Å². The molecule has 0 spiro atoms. The van der Waals surface area contributed by atoms with E-state index in [0.717, 1.165) is 27.0 Å². The summed E-state index contributed by atoms with van der Waals surface area (Å²) in [5.74, 6) is 0.451. The largest absolute Gasteiger partial charge is 0.493 e. The molecule has 0 unspecified atom stereocenters. The van der Waals surface area contributed by atoms with E-state index in [0.29, 0.717) is 21.9 Å². The van der Waals surface area contributed by atoms with Crippen molar-refractivity contribution in [3.05, 3.63) is 96.8 Å². The summed E-state index contributed by atoms with van der Waals surface area (Å²) >= 11 is 9.91. The van der Waals surface area contributed by atoms with E-state index in [1.54, 1.807) is 30.3 Å². The van der Waals surface area contributed by atoms with Crippen molar-refractivity contribution < 1.29 is 9.53 Å². The number of aryl methyl sites for hydroxylation is 2. The Labute approximate surface area is 193 Å². The fraction of sp³-hybridized carbons (Fsp3) is 0.174. The Kier molecular flexibility index (Phi) is 7.58. The first-order valence-corrected chi connectivity index (χ1v) is 10.7. The van der Waals surface area contributed by atoms with Gasteiger partial charge in [0, 0.05) is 31.9 Å². The van der Waals surface area contributed by atoms with Crippen molar-refractivity contribution in [3.63, 3.8) is 0 Å². The van der Waals surface area contributed by atoms with Gasteiger partial charge in [-0.25, -0.2) is 0 Å². The Bertz CT molecular complexity index is 1180. The van der Waals surface area contributed by atoms with Gasteiger partial charge in [-0.15, -0.1) is 0 Å². The molecule has 0 radical (unpaired) electrons. The number of benzene rings is 3. The van der Waals surface area contributed by atoms with Crippen LogP contribution in [-0.2, 0) is 0 Å². The Morgan fingerprint density at radius 3 is 2.55 bits per heavy atom. The lowest BCUT2D eigenvalue weighted by molar-refractivity contribution is 0.103. The zero-order valence-corrected chi connectivity index (χ0v) is 19.4. The minimum atomic E-state index is -0.158. The lowest BCUT2D eigenvalue weighted by Gasteiger charge is -2.13. The Morgan fingerprint density at radius 1 is 1.10 bits per heavy atom. The number of rotatable bonds is 8. The van der Waals surface area contributed by atoms with Crippen LogP contribution in [0.1, 0.15) is 27.0 Å². The van der Waals surface area contributed by atoms with Crippen molar-refractivity contribution in [2.24, 2.45) is 5.11 Å². The molecule has 0 amide bonds. The second-order valence-corrected chi connectivity index (χ2v) is 8.21. The van der Waals surface area contributed by atoms with Crippen LogP contribution in [0.5, 0.6) is 5.75 Å². The quantitative estimate of drug-likeness (QED) is 0.115. The molecule has 0 saturated heterocycles. The Morgan fingerprint density at radius 2 is 1.87 bits per heavy atom. The van der Waals surface area contributed by atoms with Gasteiger partial charge in [0.2, 0.25) is 0 Å². The zero-order chi connectivity index (χ0) is 22.4. The maximum atomic E-state index is 13.1. The highest BCUT2D eigenvalue weighted by Gasteiger charge is 2.16. The number of azide groups is 1. The molecular formula is C23H20BrClN4O2. The zero-order valence-electron chi connectivity index (χ0n) is 17.0. The van der Waals surface area contributed by atoms with Crippen LogP contribution in [0.15, 0.2) is 64.2 Å². The number of hydrogen-bond acceptors (Lipinski definition) is 4. The maximum Gasteiger partial charge on any atom is 0.194 e. The molecule has 0 aliphatic heterocycles. The van der Waals surface area contributed by atoms with Crippen LogP contribution in [-0.4, -0.2) is 18.9 Å². The summed E-state index contributed by atoms with van der Waals surface area (Å²) in [6.45, 7) is 4.37. The van der Waals surface area contributed by atoms with Gasteiger partial charge in [0.15, 0.2) is 5.78 Å². The van der Waals surface area contributed by atoms with Crippen LogP contribution in [0.4, 0.5) is 11.4 Å². The van der Waals surface area contributed by atoms with Crippen LogP contribution in [0.2, 0.25) is 5.02 Å². The standard InChI is InChI=1S/C23H20BrClN4O2/c1-14-12-18(31-10-9-27-29-26)5-7-19(14)23(30)20-6-4-17(13-21(20)25)28-22-8-3-16(24)11-15(22)2/h3-8,11-13,28H,9-10H2,1-2H3. The number of anilines is 2. The van der Waals surface area contributed by atoms with E-state index in [1.807, 2.05) is 38.1 Å². The molecule has 31 heavy (non-hydrogen) atoms. The van der Waals surface area contributed by atoms with Crippen molar-refractivity contribution in [2.45, 2.75) is 13.8 Å². The second-order valence-electron chi connectivity index (χ2n) is 6.89. The van der Waals surface area contributed by atoms with Gasteiger partial charge in [0.05, 0.1) is 18.2 Å². The highest BCUT2D eigenvalue weighted by molar-refractivity contribution is 9.10. The van der Waals surface area contributed by atoms with Gasteiger partial charge < -0.3 is 10.1 Å². The van der Waals surface area contributed by atoms with Gasteiger partial charge in [0.25, 0.3) is 0 Å². The highest BCUT2D eigenvalue weighted by atomic mass is 79.9. The van der Waals surface area contributed by atoms with E-state index in [-0.39, 0.29) is 18.9 Å².